The molecule has 0 amide bonds. The van der Waals surface area contributed by atoms with Crippen molar-refractivity contribution in [3.63, 3.8) is 0 Å². The zero-order valence-corrected chi connectivity index (χ0v) is 19.5. The Bertz CT molecular complexity index is 569. The average molecular weight is 489 g/mol. The minimum absolute atomic E-state index is 0. The topological polar surface area (TPSA) is 52.1 Å². The fourth-order valence-electron chi connectivity index (χ4n) is 3.44. The first-order valence-corrected chi connectivity index (χ1v) is 9.62. The van der Waals surface area contributed by atoms with Crippen molar-refractivity contribution >= 4 is 35.6 Å². The highest BCUT2D eigenvalue weighted by Crippen LogP contribution is 2.31. The van der Waals surface area contributed by atoms with E-state index in [1.165, 1.54) is 11.3 Å². The number of para-hydroxylation sites is 1. The molecule has 7 heteroatoms. The summed E-state index contributed by atoms with van der Waals surface area (Å²) >= 11 is 0. The Morgan fingerprint density at radius 2 is 2.00 bits per heavy atom. The number of anilines is 1. The maximum Gasteiger partial charge on any atom is 0.191 e. The Labute approximate surface area is 181 Å². The van der Waals surface area contributed by atoms with Crippen LogP contribution in [-0.4, -0.2) is 77.4 Å². The number of hydrogen-bond donors (Lipinski definition) is 2. The van der Waals surface area contributed by atoms with Crippen LogP contribution in [0.3, 0.4) is 0 Å². The Kier molecular flexibility index (Phi) is 11.7. The van der Waals surface area contributed by atoms with Gasteiger partial charge in [-0.1, -0.05) is 18.2 Å². The Balaban J connectivity index is 0.00000364. The van der Waals surface area contributed by atoms with Crippen molar-refractivity contribution in [2.24, 2.45) is 4.99 Å². The molecule has 1 aromatic rings. The summed E-state index contributed by atoms with van der Waals surface area (Å²) in [4.78, 5) is 9.12. The van der Waals surface area contributed by atoms with Crippen LogP contribution >= 0.6 is 24.0 Å². The third-order valence-corrected chi connectivity index (χ3v) is 4.89. The van der Waals surface area contributed by atoms with Gasteiger partial charge in [0.05, 0.1) is 0 Å². The quantitative estimate of drug-likeness (QED) is 0.229. The highest BCUT2D eigenvalue weighted by atomic mass is 127. The Morgan fingerprint density at radius 1 is 1.26 bits per heavy atom. The molecule has 1 unspecified atom stereocenters. The van der Waals surface area contributed by atoms with Crippen LogP contribution in [0.15, 0.2) is 29.3 Å². The number of likely N-dealkylation sites (N-methyl/N-ethyl adjacent to an activating group) is 1. The van der Waals surface area contributed by atoms with Crippen molar-refractivity contribution in [3.05, 3.63) is 29.8 Å². The summed E-state index contributed by atoms with van der Waals surface area (Å²) in [5.41, 5.74) is 2.83. The number of aliphatic imine (C=N–C) groups is 1. The Morgan fingerprint density at radius 3 is 2.74 bits per heavy atom. The van der Waals surface area contributed by atoms with Crippen molar-refractivity contribution in [2.75, 3.05) is 65.4 Å². The summed E-state index contributed by atoms with van der Waals surface area (Å²) in [6, 6.07) is 9.28. The molecule has 154 valence electrons. The molecule has 6 nitrogen and oxygen atoms in total. The molecule has 2 rings (SSSR count). The first-order chi connectivity index (χ1) is 12.7. The van der Waals surface area contributed by atoms with Crippen LogP contribution in [0, 0.1) is 0 Å². The molecule has 1 heterocycles. The lowest BCUT2D eigenvalue weighted by Gasteiger charge is -2.25. The van der Waals surface area contributed by atoms with E-state index in [1.54, 1.807) is 7.11 Å². The van der Waals surface area contributed by atoms with Crippen LogP contribution in [0.4, 0.5) is 5.69 Å². The number of rotatable bonds is 10. The molecule has 0 bridgehead atoms. The summed E-state index contributed by atoms with van der Waals surface area (Å²) in [6.07, 6.45) is 2.20. The first-order valence-electron chi connectivity index (χ1n) is 9.62. The van der Waals surface area contributed by atoms with Crippen LogP contribution in [0.1, 0.15) is 18.9 Å². The fraction of sp³-hybridized carbons (Fsp3) is 0.650. The molecule has 27 heavy (non-hydrogen) atoms. The van der Waals surface area contributed by atoms with Crippen molar-refractivity contribution in [1.29, 1.82) is 0 Å². The van der Waals surface area contributed by atoms with Crippen molar-refractivity contribution < 1.29 is 4.74 Å². The maximum atomic E-state index is 5.09. The zero-order valence-electron chi connectivity index (χ0n) is 17.2. The first kappa shape index (κ1) is 24.0. The van der Waals surface area contributed by atoms with Gasteiger partial charge in [0, 0.05) is 65.2 Å². The molecule has 2 N–H and O–H groups in total. The molecule has 0 spiro atoms. The zero-order chi connectivity index (χ0) is 18.8. The van der Waals surface area contributed by atoms with Crippen LogP contribution in [0.5, 0.6) is 0 Å². The number of halogens is 1. The summed E-state index contributed by atoms with van der Waals surface area (Å²) < 4.78 is 5.09. The van der Waals surface area contributed by atoms with Gasteiger partial charge in [-0.05, 0) is 38.4 Å². The molecule has 1 aliphatic heterocycles. The predicted molar refractivity (Wildman–Crippen MR) is 126 cm³/mol. The normalized spacial score (nSPS) is 16.3. The van der Waals surface area contributed by atoms with Crippen LogP contribution in [0.25, 0.3) is 0 Å². The van der Waals surface area contributed by atoms with Crippen LogP contribution < -0.4 is 15.5 Å². The number of nitrogens with one attached hydrogen (secondary N) is 2. The van der Waals surface area contributed by atoms with Gasteiger partial charge in [0.1, 0.15) is 0 Å². The molecule has 0 saturated heterocycles. The van der Waals surface area contributed by atoms with E-state index < -0.39 is 0 Å². The molecule has 0 aromatic heterocycles. The van der Waals surface area contributed by atoms with Gasteiger partial charge < -0.3 is 25.2 Å². The Hall–Kier alpha value is -1.06. The monoisotopic (exact) mass is 489 g/mol. The van der Waals surface area contributed by atoms with E-state index in [2.05, 4.69) is 63.7 Å². The molecule has 0 saturated carbocycles. The van der Waals surface area contributed by atoms with E-state index in [0.29, 0.717) is 6.04 Å². The molecule has 1 aromatic carbocycles. The molecule has 1 atom stereocenters. The minimum Gasteiger partial charge on any atom is -0.385 e. The summed E-state index contributed by atoms with van der Waals surface area (Å²) in [6.45, 7) is 7.89. The number of guanidine groups is 1. The number of benzene rings is 1. The second-order valence-corrected chi connectivity index (χ2v) is 6.95. The van der Waals surface area contributed by atoms with E-state index in [4.69, 9.17) is 4.74 Å². The van der Waals surface area contributed by atoms with Gasteiger partial charge in [0.2, 0.25) is 0 Å². The third kappa shape index (κ3) is 7.83. The van der Waals surface area contributed by atoms with Gasteiger partial charge in [0.25, 0.3) is 0 Å². The molecule has 0 radical (unpaired) electrons. The highest BCUT2D eigenvalue weighted by Gasteiger charge is 2.24. The number of nitrogens with zero attached hydrogens (tertiary/aromatic N) is 3. The largest absolute Gasteiger partial charge is 0.385 e. The minimum atomic E-state index is 0. The van der Waals surface area contributed by atoms with Crippen molar-refractivity contribution in [3.8, 4) is 0 Å². The van der Waals surface area contributed by atoms with E-state index in [-0.39, 0.29) is 24.0 Å². The second-order valence-electron chi connectivity index (χ2n) is 6.95. The predicted octanol–water partition coefficient (Wildman–Crippen LogP) is 2.19. The molecule has 1 aliphatic rings. The molecule has 0 fully saturated rings. The van der Waals surface area contributed by atoms with E-state index in [0.717, 1.165) is 58.1 Å². The summed E-state index contributed by atoms with van der Waals surface area (Å²) in [5, 5.41) is 6.83. The van der Waals surface area contributed by atoms with Gasteiger partial charge in [-0.2, -0.15) is 0 Å². The highest BCUT2D eigenvalue weighted by molar-refractivity contribution is 14.0. The fourth-order valence-corrected chi connectivity index (χ4v) is 3.44. The standard InChI is InChI=1S/C20H35N5O.HI/c1-17-16-18-8-5-6-9-19(18)25(17)14-11-23-20(21-2)22-10-13-24(3)12-7-15-26-4;/h5-6,8-9,17H,7,10-16H2,1-4H3,(H2,21,22,23);1H. The van der Waals surface area contributed by atoms with Crippen molar-refractivity contribution in [2.45, 2.75) is 25.8 Å². The van der Waals surface area contributed by atoms with E-state index in [9.17, 15) is 0 Å². The smallest absolute Gasteiger partial charge is 0.191 e. The van der Waals surface area contributed by atoms with Gasteiger partial charge in [-0.25, -0.2) is 0 Å². The number of ether oxygens (including phenoxy) is 1. The lowest BCUT2D eigenvalue weighted by atomic mass is 10.1. The van der Waals surface area contributed by atoms with Gasteiger partial charge >= 0.3 is 0 Å². The second kappa shape index (κ2) is 13.2. The van der Waals surface area contributed by atoms with E-state index in [1.807, 2.05) is 7.05 Å². The summed E-state index contributed by atoms with van der Waals surface area (Å²) in [7, 11) is 5.71. The SMILES string of the molecule is CN=C(NCCN(C)CCCOC)NCCN1c2ccccc2CC1C.I. The summed E-state index contributed by atoms with van der Waals surface area (Å²) in [5.74, 6) is 0.871. The van der Waals surface area contributed by atoms with Gasteiger partial charge in [-0.15, -0.1) is 24.0 Å². The lowest BCUT2D eigenvalue weighted by molar-refractivity contribution is 0.180. The number of methoxy groups -OCH3 is 1. The van der Waals surface area contributed by atoms with Crippen molar-refractivity contribution in [1.82, 2.24) is 15.5 Å². The lowest BCUT2D eigenvalue weighted by Crippen LogP contribution is -2.44. The third-order valence-electron chi connectivity index (χ3n) is 4.89. The van der Waals surface area contributed by atoms with Crippen LogP contribution in [-0.2, 0) is 11.2 Å². The maximum absolute atomic E-state index is 5.09. The van der Waals surface area contributed by atoms with Gasteiger partial charge in [-0.3, -0.25) is 4.99 Å². The number of hydrogen-bond acceptors (Lipinski definition) is 4. The number of fused-ring (bicyclic) bond motifs is 1. The van der Waals surface area contributed by atoms with Crippen LogP contribution in [0.2, 0.25) is 0 Å². The molecular formula is C20H36IN5O. The molecule has 0 aliphatic carbocycles. The molecular weight excluding hydrogens is 453 g/mol. The average Bonchev–Trinajstić information content (AvgIpc) is 2.96. The van der Waals surface area contributed by atoms with E-state index >= 15 is 0 Å². The van der Waals surface area contributed by atoms with Gasteiger partial charge in [0.15, 0.2) is 5.96 Å².